The first-order valence-corrected chi connectivity index (χ1v) is 9.56. The second-order valence-corrected chi connectivity index (χ2v) is 7.25. The van der Waals surface area contributed by atoms with Gasteiger partial charge in [0.1, 0.15) is 5.75 Å². The Morgan fingerprint density at radius 3 is 2.07 bits per heavy atom. The molecular weight excluding hydrogens is 354 g/mol. The van der Waals surface area contributed by atoms with Crippen molar-refractivity contribution in [2.75, 3.05) is 14.2 Å². The minimum Gasteiger partial charge on any atom is -0.496 e. The van der Waals surface area contributed by atoms with Crippen molar-refractivity contribution in [1.82, 2.24) is 5.32 Å². The lowest BCUT2D eigenvalue weighted by atomic mass is 9.93. The Bertz CT molecular complexity index is 816. The van der Waals surface area contributed by atoms with Gasteiger partial charge in [0.25, 0.3) is 5.91 Å². The molecule has 5 nitrogen and oxygen atoms in total. The Balaban J connectivity index is 2.14. The van der Waals surface area contributed by atoms with Crippen LogP contribution in [-0.4, -0.2) is 26.2 Å². The zero-order valence-corrected chi connectivity index (χ0v) is 17.8. The van der Waals surface area contributed by atoms with Crippen LogP contribution in [0.15, 0.2) is 36.4 Å². The first-order chi connectivity index (χ1) is 13.3. The predicted molar refractivity (Wildman–Crippen MR) is 111 cm³/mol. The van der Waals surface area contributed by atoms with Crippen LogP contribution in [-0.2, 0) is 4.79 Å². The fourth-order valence-corrected chi connectivity index (χ4v) is 3.18. The number of aryl methyl sites for hydroxylation is 1. The molecule has 0 fully saturated rings. The van der Waals surface area contributed by atoms with Crippen LogP contribution >= 0.6 is 0 Å². The summed E-state index contributed by atoms with van der Waals surface area (Å²) in [5, 5.41) is 3.05. The van der Waals surface area contributed by atoms with Crippen molar-refractivity contribution in [2.45, 2.75) is 52.7 Å². The number of nitrogens with one attached hydrogen (secondary N) is 1. The molecule has 0 aliphatic carbocycles. The third-order valence-corrected chi connectivity index (χ3v) is 4.81. The second kappa shape index (κ2) is 9.49. The zero-order valence-electron chi connectivity index (χ0n) is 17.8. The second-order valence-electron chi connectivity index (χ2n) is 7.25. The average Bonchev–Trinajstić information content (AvgIpc) is 2.67. The molecule has 1 amide bonds. The lowest BCUT2D eigenvalue weighted by Gasteiger charge is -2.23. The highest BCUT2D eigenvalue weighted by atomic mass is 16.5. The molecule has 28 heavy (non-hydrogen) atoms. The third-order valence-electron chi connectivity index (χ3n) is 4.81. The van der Waals surface area contributed by atoms with Crippen molar-refractivity contribution >= 4 is 5.91 Å². The van der Waals surface area contributed by atoms with Gasteiger partial charge in [-0.05, 0) is 67.6 Å². The summed E-state index contributed by atoms with van der Waals surface area (Å²) in [5.74, 6) is 2.16. The Hall–Kier alpha value is -2.69. The monoisotopic (exact) mass is 385 g/mol. The zero-order chi connectivity index (χ0) is 20.8. The summed E-state index contributed by atoms with van der Waals surface area (Å²) in [6.45, 7) is 9.99. The average molecular weight is 386 g/mol. The Morgan fingerprint density at radius 2 is 1.50 bits per heavy atom. The van der Waals surface area contributed by atoms with E-state index in [0.29, 0.717) is 17.4 Å². The van der Waals surface area contributed by atoms with Crippen LogP contribution in [0.1, 0.15) is 56.3 Å². The molecule has 1 N–H and O–H groups in total. The number of ether oxygens (including phenoxy) is 3. The number of benzene rings is 2. The first kappa shape index (κ1) is 21.6. The molecule has 0 bridgehead atoms. The number of para-hydroxylation sites is 2. The van der Waals surface area contributed by atoms with Gasteiger partial charge in [-0.1, -0.05) is 26.0 Å². The molecule has 0 saturated carbocycles. The molecule has 2 aromatic rings. The van der Waals surface area contributed by atoms with E-state index in [-0.39, 0.29) is 11.9 Å². The summed E-state index contributed by atoms with van der Waals surface area (Å²) in [6.07, 6.45) is -0.651. The molecule has 2 aromatic carbocycles. The van der Waals surface area contributed by atoms with Crippen LogP contribution in [0.2, 0.25) is 0 Å². The number of carbonyl (C=O) groups is 1. The van der Waals surface area contributed by atoms with E-state index in [1.54, 1.807) is 33.3 Å². The van der Waals surface area contributed by atoms with Gasteiger partial charge in [0, 0.05) is 0 Å². The number of carbonyl (C=O) groups excluding carboxylic acids is 1. The van der Waals surface area contributed by atoms with Crippen molar-refractivity contribution in [2.24, 2.45) is 0 Å². The van der Waals surface area contributed by atoms with Crippen LogP contribution in [0, 0.1) is 6.92 Å². The number of methoxy groups -OCH3 is 2. The Kier molecular flexibility index (Phi) is 7.32. The summed E-state index contributed by atoms with van der Waals surface area (Å²) in [4.78, 5) is 12.7. The Labute approximate surface area is 168 Å². The topological polar surface area (TPSA) is 56.8 Å². The van der Waals surface area contributed by atoms with Crippen LogP contribution in [0.5, 0.6) is 17.2 Å². The molecule has 0 aliphatic rings. The molecule has 152 valence electrons. The molecule has 0 aliphatic heterocycles. The van der Waals surface area contributed by atoms with E-state index >= 15 is 0 Å². The maximum atomic E-state index is 12.7. The van der Waals surface area contributed by atoms with Gasteiger partial charge in [0.2, 0.25) is 0 Å². The van der Waals surface area contributed by atoms with E-state index in [4.69, 9.17) is 14.2 Å². The Morgan fingerprint density at radius 1 is 0.893 bits per heavy atom. The van der Waals surface area contributed by atoms with E-state index in [0.717, 1.165) is 22.4 Å². The van der Waals surface area contributed by atoms with Gasteiger partial charge in [0.05, 0.1) is 20.3 Å². The highest BCUT2D eigenvalue weighted by molar-refractivity contribution is 5.81. The molecule has 0 aromatic heterocycles. The lowest BCUT2D eigenvalue weighted by Crippen LogP contribution is -2.38. The van der Waals surface area contributed by atoms with Gasteiger partial charge in [-0.2, -0.15) is 0 Å². The van der Waals surface area contributed by atoms with Crippen molar-refractivity contribution in [3.8, 4) is 17.2 Å². The van der Waals surface area contributed by atoms with Crippen LogP contribution in [0.25, 0.3) is 0 Å². The predicted octanol–water partition coefficient (Wildman–Crippen LogP) is 4.78. The van der Waals surface area contributed by atoms with Crippen molar-refractivity contribution in [3.63, 3.8) is 0 Å². The molecule has 0 spiro atoms. The fraction of sp³-hybridized carbons (Fsp3) is 0.435. The maximum Gasteiger partial charge on any atom is 0.261 e. The number of hydrogen-bond acceptors (Lipinski definition) is 4. The highest BCUT2D eigenvalue weighted by Crippen LogP contribution is 2.32. The lowest BCUT2D eigenvalue weighted by molar-refractivity contribution is -0.127. The van der Waals surface area contributed by atoms with E-state index in [1.165, 1.54) is 0 Å². The van der Waals surface area contributed by atoms with Gasteiger partial charge >= 0.3 is 0 Å². The minimum atomic E-state index is -0.651. The van der Waals surface area contributed by atoms with Crippen molar-refractivity contribution < 1.29 is 19.0 Å². The van der Waals surface area contributed by atoms with Crippen LogP contribution in [0.3, 0.4) is 0 Å². The molecule has 2 rings (SSSR count). The largest absolute Gasteiger partial charge is 0.496 e. The fourth-order valence-electron chi connectivity index (χ4n) is 3.18. The van der Waals surface area contributed by atoms with Crippen LogP contribution < -0.4 is 19.5 Å². The van der Waals surface area contributed by atoms with Gasteiger partial charge in [-0.25, -0.2) is 0 Å². The summed E-state index contributed by atoms with van der Waals surface area (Å²) >= 11 is 0. The SMILES string of the molecule is COc1ccccc1O[C@@H](C)C(=O)N[C@@H](C)c1cc(C(C)C)c(OC)cc1C. The third kappa shape index (κ3) is 4.97. The van der Waals surface area contributed by atoms with E-state index in [9.17, 15) is 4.79 Å². The van der Waals surface area contributed by atoms with Gasteiger partial charge in [0.15, 0.2) is 17.6 Å². The van der Waals surface area contributed by atoms with Gasteiger partial charge in [-0.3, -0.25) is 4.79 Å². The summed E-state index contributed by atoms with van der Waals surface area (Å²) in [5.41, 5.74) is 3.28. The smallest absolute Gasteiger partial charge is 0.261 e. The van der Waals surface area contributed by atoms with Gasteiger partial charge < -0.3 is 19.5 Å². The summed E-state index contributed by atoms with van der Waals surface area (Å²) in [6, 6.07) is 11.3. The maximum absolute atomic E-state index is 12.7. The van der Waals surface area contributed by atoms with Crippen molar-refractivity contribution in [1.29, 1.82) is 0 Å². The highest BCUT2D eigenvalue weighted by Gasteiger charge is 2.21. The van der Waals surface area contributed by atoms with Crippen molar-refractivity contribution in [3.05, 3.63) is 53.1 Å². The molecule has 0 saturated heterocycles. The molecule has 0 heterocycles. The number of rotatable bonds is 8. The number of amides is 1. The minimum absolute atomic E-state index is 0.153. The molecule has 2 atom stereocenters. The standard InChI is InChI=1S/C23H31NO4/c1-14(2)18-13-19(15(3)12-22(18)27-7)16(4)24-23(25)17(5)28-21-11-9-8-10-20(21)26-6/h8-14,16-17H,1-7H3,(H,24,25)/t16-,17-/m0/s1. The molecular formula is C23H31NO4. The molecule has 0 unspecified atom stereocenters. The quantitative estimate of drug-likeness (QED) is 0.710. The van der Waals surface area contributed by atoms with Gasteiger partial charge in [-0.15, -0.1) is 0 Å². The number of hydrogen-bond donors (Lipinski definition) is 1. The van der Waals surface area contributed by atoms with Crippen LogP contribution in [0.4, 0.5) is 0 Å². The molecule has 5 heteroatoms. The first-order valence-electron chi connectivity index (χ1n) is 9.56. The molecule has 0 radical (unpaired) electrons. The van der Waals surface area contributed by atoms with E-state index in [2.05, 4.69) is 25.2 Å². The summed E-state index contributed by atoms with van der Waals surface area (Å²) in [7, 11) is 3.26. The summed E-state index contributed by atoms with van der Waals surface area (Å²) < 4.78 is 16.6. The van der Waals surface area contributed by atoms with E-state index in [1.807, 2.05) is 32.0 Å². The van der Waals surface area contributed by atoms with E-state index < -0.39 is 6.10 Å². The normalized spacial score (nSPS) is 13.0.